The molecule has 2 aromatic rings. The van der Waals surface area contributed by atoms with Gasteiger partial charge in [0.15, 0.2) is 0 Å². The van der Waals surface area contributed by atoms with E-state index in [9.17, 15) is 14.9 Å². The van der Waals surface area contributed by atoms with E-state index in [1.165, 1.54) is 18.2 Å². The highest BCUT2D eigenvalue weighted by Gasteiger charge is 2.19. The molecule has 1 atom stereocenters. The molecule has 1 aromatic carbocycles. The normalized spacial score (nSPS) is 12.3. The zero-order chi connectivity index (χ0) is 14.0. The number of benzene rings is 1. The molecular weight excluding hydrogens is 248 g/mol. The van der Waals surface area contributed by atoms with Crippen molar-refractivity contribution in [3.8, 4) is 0 Å². The van der Waals surface area contributed by atoms with Gasteiger partial charge in [0.2, 0.25) is 0 Å². The number of non-ortho nitro benzene ring substituents is 1. The first-order chi connectivity index (χ1) is 9.02. The molecule has 0 amide bonds. The fourth-order valence-corrected chi connectivity index (χ4v) is 1.95. The molecule has 6 nitrogen and oxygen atoms in total. The van der Waals surface area contributed by atoms with Gasteiger partial charge in [-0.1, -0.05) is 13.0 Å². The lowest BCUT2D eigenvalue weighted by molar-refractivity contribution is -0.384. The second-order valence-corrected chi connectivity index (χ2v) is 4.17. The summed E-state index contributed by atoms with van der Waals surface area (Å²) < 4.78 is 0. The molecule has 1 heterocycles. The first-order valence-corrected chi connectivity index (χ1v) is 5.81. The van der Waals surface area contributed by atoms with E-state index >= 15 is 0 Å². The Kier molecular flexibility index (Phi) is 3.41. The van der Waals surface area contributed by atoms with Gasteiger partial charge in [0.25, 0.3) is 5.69 Å². The van der Waals surface area contributed by atoms with E-state index in [0.29, 0.717) is 23.0 Å². The summed E-state index contributed by atoms with van der Waals surface area (Å²) in [5.41, 5.74) is 1.02. The largest absolute Gasteiger partial charge is 0.481 e. The number of pyridine rings is 1. The smallest absolute Gasteiger partial charge is 0.312 e. The number of aliphatic carboxylic acids is 1. The third-order valence-electron chi connectivity index (χ3n) is 2.97. The molecule has 2 rings (SSSR count). The molecule has 19 heavy (non-hydrogen) atoms. The van der Waals surface area contributed by atoms with Crippen LogP contribution in [0.3, 0.4) is 0 Å². The summed E-state index contributed by atoms with van der Waals surface area (Å²) in [4.78, 5) is 25.5. The lowest BCUT2D eigenvalue weighted by atomic mass is 10.0. The summed E-state index contributed by atoms with van der Waals surface area (Å²) in [5.74, 6) is -1.57. The van der Waals surface area contributed by atoms with Crippen LogP contribution >= 0.6 is 0 Å². The molecule has 0 aliphatic rings. The van der Waals surface area contributed by atoms with Crippen LogP contribution in [0.5, 0.6) is 0 Å². The molecule has 0 aliphatic carbocycles. The van der Waals surface area contributed by atoms with Crippen molar-refractivity contribution in [1.82, 2.24) is 4.98 Å². The quantitative estimate of drug-likeness (QED) is 0.673. The molecule has 0 spiro atoms. The van der Waals surface area contributed by atoms with Gasteiger partial charge in [0, 0.05) is 17.5 Å². The predicted octanol–water partition coefficient (Wildman–Crippen LogP) is 2.72. The molecule has 6 heteroatoms. The van der Waals surface area contributed by atoms with E-state index in [2.05, 4.69) is 4.98 Å². The SMILES string of the molecule is CCC(C(=O)O)c1ccc2cc([N+](=O)[O-])ccc2n1. The maximum atomic E-state index is 11.1. The van der Waals surface area contributed by atoms with E-state index in [-0.39, 0.29) is 5.69 Å². The molecule has 1 N–H and O–H groups in total. The van der Waals surface area contributed by atoms with E-state index in [1.54, 1.807) is 19.1 Å². The molecule has 0 bridgehead atoms. The van der Waals surface area contributed by atoms with Crippen LogP contribution in [0, 0.1) is 10.1 Å². The second-order valence-electron chi connectivity index (χ2n) is 4.17. The van der Waals surface area contributed by atoms with Gasteiger partial charge in [-0.05, 0) is 18.6 Å². The Morgan fingerprint density at radius 2 is 2.16 bits per heavy atom. The highest BCUT2D eigenvalue weighted by Crippen LogP contribution is 2.24. The van der Waals surface area contributed by atoms with Gasteiger partial charge < -0.3 is 5.11 Å². The van der Waals surface area contributed by atoms with E-state index in [0.717, 1.165) is 0 Å². The third-order valence-corrected chi connectivity index (χ3v) is 2.97. The van der Waals surface area contributed by atoms with Crippen LogP contribution < -0.4 is 0 Å². The van der Waals surface area contributed by atoms with Crippen molar-refractivity contribution in [2.24, 2.45) is 0 Å². The van der Waals surface area contributed by atoms with Gasteiger partial charge in [-0.25, -0.2) is 0 Å². The average molecular weight is 260 g/mol. The van der Waals surface area contributed by atoms with Crippen LogP contribution in [0.1, 0.15) is 25.0 Å². The minimum Gasteiger partial charge on any atom is -0.481 e. The van der Waals surface area contributed by atoms with E-state index in [4.69, 9.17) is 5.11 Å². The Bertz CT molecular complexity index is 654. The summed E-state index contributed by atoms with van der Waals surface area (Å²) >= 11 is 0. The van der Waals surface area contributed by atoms with Crippen molar-refractivity contribution in [1.29, 1.82) is 0 Å². The standard InChI is InChI=1S/C13H12N2O4/c1-2-10(13(16)17)12-5-3-8-7-9(15(18)19)4-6-11(8)14-12/h3-7,10H,2H2,1H3,(H,16,17). The number of carbonyl (C=O) groups is 1. The lowest BCUT2D eigenvalue weighted by Gasteiger charge is -2.09. The van der Waals surface area contributed by atoms with E-state index in [1.807, 2.05) is 0 Å². The number of nitrogens with zero attached hydrogens (tertiary/aromatic N) is 2. The number of fused-ring (bicyclic) bond motifs is 1. The lowest BCUT2D eigenvalue weighted by Crippen LogP contribution is -2.12. The number of nitro benzene ring substituents is 1. The summed E-state index contributed by atoms with van der Waals surface area (Å²) in [7, 11) is 0. The zero-order valence-electron chi connectivity index (χ0n) is 10.2. The second kappa shape index (κ2) is 5.01. The highest BCUT2D eigenvalue weighted by atomic mass is 16.6. The number of aromatic nitrogens is 1. The van der Waals surface area contributed by atoms with Crippen LogP contribution in [0.15, 0.2) is 30.3 Å². The number of hydrogen-bond donors (Lipinski definition) is 1. The summed E-state index contributed by atoms with van der Waals surface area (Å²) in [5, 5.41) is 20.4. The van der Waals surface area contributed by atoms with E-state index < -0.39 is 16.8 Å². The van der Waals surface area contributed by atoms with Crippen LogP contribution in [0.25, 0.3) is 10.9 Å². The molecule has 1 unspecified atom stereocenters. The molecule has 98 valence electrons. The number of hydrogen-bond acceptors (Lipinski definition) is 4. The van der Waals surface area contributed by atoms with Gasteiger partial charge in [-0.3, -0.25) is 19.9 Å². The minimum atomic E-state index is -0.920. The Morgan fingerprint density at radius 1 is 1.42 bits per heavy atom. The number of carboxylic acids is 1. The van der Waals surface area contributed by atoms with Gasteiger partial charge in [0.05, 0.1) is 22.1 Å². The summed E-state index contributed by atoms with van der Waals surface area (Å²) in [6.07, 6.45) is 0.445. The van der Waals surface area contributed by atoms with Crippen molar-refractivity contribution >= 4 is 22.6 Å². The average Bonchev–Trinajstić information content (AvgIpc) is 2.38. The van der Waals surface area contributed by atoms with Gasteiger partial charge in [-0.15, -0.1) is 0 Å². The fraction of sp³-hybridized carbons (Fsp3) is 0.231. The Balaban J connectivity index is 2.50. The Labute approximate surface area is 108 Å². The van der Waals surface area contributed by atoms with Crippen LogP contribution in [0.4, 0.5) is 5.69 Å². The van der Waals surface area contributed by atoms with Crippen LogP contribution in [0.2, 0.25) is 0 Å². The highest BCUT2D eigenvalue weighted by molar-refractivity contribution is 5.82. The summed E-state index contributed by atoms with van der Waals surface area (Å²) in [6.45, 7) is 1.78. The number of carboxylic acid groups (broad SMARTS) is 1. The topological polar surface area (TPSA) is 93.3 Å². The van der Waals surface area contributed by atoms with Crippen molar-refractivity contribution in [3.05, 3.63) is 46.1 Å². The van der Waals surface area contributed by atoms with Crippen molar-refractivity contribution in [2.75, 3.05) is 0 Å². The fourth-order valence-electron chi connectivity index (χ4n) is 1.95. The van der Waals surface area contributed by atoms with Crippen molar-refractivity contribution < 1.29 is 14.8 Å². The van der Waals surface area contributed by atoms with Crippen molar-refractivity contribution in [2.45, 2.75) is 19.3 Å². The van der Waals surface area contributed by atoms with Gasteiger partial charge in [0.1, 0.15) is 0 Å². The molecule has 0 radical (unpaired) electrons. The molecule has 0 aliphatic heterocycles. The first-order valence-electron chi connectivity index (χ1n) is 5.81. The molecule has 1 aromatic heterocycles. The minimum absolute atomic E-state index is 0.00711. The maximum Gasteiger partial charge on any atom is 0.312 e. The molecule has 0 saturated heterocycles. The molecule has 0 fully saturated rings. The monoisotopic (exact) mass is 260 g/mol. The third kappa shape index (κ3) is 2.52. The summed E-state index contributed by atoms with van der Waals surface area (Å²) in [6, 6.07) is 7.59. The van der Waals surface area contributed by atoms with Crippen molar-refractivity contribution in [3.63, 3.8) is 0 Å². The Morgan fingerprint density at radius 3 is 2.74 bits per heavy atom. The van der Waals surface area contributed by atoms with Crippen LogP contribution in [-0.2, 0) is 4.79 Å². The van der Waals surface area contributed by atoms with Gasteiger partial charge >= 0.3 is 5.97 Å². The maximum absolute atomic E-state index is 11.1. The molecule has 0 saturated carbocycles. The van der Waals surface area contributed by atoms with Gasteiger partial charge in [-0.2, -0.15) is 0 Å². The number of rotatable bonds is 4. The first kappa shape index (κ1) is 12.9. The van der Waals surface area contributed by atoms with Crippen LogP contribution in [-0.4, -0.2) is 21.0 Å². The number of nitro groups is 1. The predicted molar refractivity (Wildman–Crippen MR) is 69.1 cm³/mol. The Hall–Kier alpha value is -2.50. The zero-order valence-corrected chi connectivity index (χ0v) is 10.2. The molecular formula is C13H12N2O4.